The smallest absolute Gasteiger partial charge is 0.132 e. The summed E-state index contributed by atoms with van der Waals surface area (Å²) in [6, 6.07) is 20.0. The average Bonchev–Trinajstić information content (AvgIpc) is 2.40. The van der Waals surface area contributed by atoms with Gasteiger partial charge in [-0.25, -0.2) is 0 Å². The van der Waals surface area contributed by atoms with E-state index in [-0.39, 0.29) is 6.61 Å². The lowest BCUT2D eigenvalue weighted by molar-refractivity contribution is 0.282. The molecule has 0 aliphatic rings. The van der Waals surface area contributed by atoms with Crippen LogP contribution in [0, 0.1) is 0 Å². The maximum atomic E-state index is 8.54. The van der Waals surface area contributed by atoms with Gasteiger partial charge in [-0.05, 0) is 17.7 Å². The normalized spacial score (nSPS) is 10.4. The average molecular weight is 244 g/mol. The third-order valence-corrected chi connectivity index (χ3v) is 2.56. The predicted octanol–water partition coefficient (Wildman–Crippen LogP) is 3.06. The third-order valence-electron chi connectivity index (χ3n) is 2.56. The van der Waals surface area contributed by atoms with Gasteiger partial charge in [0.05, 0.1) is 27.7 Å². The molecule has 0 saturated heterocycles. The Kier molecular flexibility index (Phi) is 5.56. The van der Waals surface area contributed by atoms with Crippen molar-refractivity contribution < 1.29 is 5.11 Å². The highest BCUT2D eigenvalue weighted by Gasteiger charge is 2.08. The monoisotopic (exact) mass is 244 g/mol. The van der Waals surface area contributed by atoms with E-state index in [0.717, 1.165) is 10.0 Å². The van der Waals surface area contributed by atoms with Gasteiger partial charge in [0.2, 0.25) is 0 Å². The molecular weight excluding hydrogens is 222 g/mol. The SMILES string of the molecule is C[N+](C)(C)c1ccccc1.OCc1ccccc1. The third kappa shape index (κ3) is 5.13. The minimum absolute atomic E-state index is 0.140. The number of hydrogen-bond acceptors (Lipinski definition) is 1. The first-order valence-corrected chi connectivity index (χ1v) is 6.06. The number of quaternary nitrogens is 1. The first-order chi connectivity index (χ1) is 8.54. The molecule has 0 aliphatic carbocycles. The Morgan fingerprint density at radius 2 is 1.22 bits per heavy atom. The fraction of sp³-hybridized carbons (Fsp3) is 0.250. The van der Waals surface area contributed by atoms with Crippen molar-refractivity contribution in [2.45, 2.75) is 6.61 Å². The van der Waals surface area contributed by atoms with Crippen molar-refractivity contribution in [2.75, 3.05) is 21.1 Å². The van der Waals surface area contributed by atoms with E-state index in [1.165, 1.54) is 5.69 Å². The number of benzene rings is 2. The highest BCUT2D eigenvalue weighted by molar-refractivity contribution is 5.40. The summed E-state index contributed by atoms with van der Waals surface area (Å²) < 4.78 is 0.890. The summed E-state index contributed by atoms with van der Waals surface area (Å²) in [5, 5.41) is 8.54. The van der Waals surface area contributed by atoms with Gasteiger partial charge >= 0.3 is 0 Å². The zero-order valence-electron chi connectivity index (χ0n) is 11.4. The van der Waals surface area contributed by atoms with E-state index in [4.69, 9.17) is 5.11 Å². The van der Waals surface area contributed by atoms with Crippen LogP contribution >= 0.6 is 0 Å². The fourth-order valence-electron chi connectivity index (χ4n) is 1.46. The molecule has 2 rings (SSSR count). The van der Waals surface area contributed by atoms with Crippen LogP contribution in [0.2, 0.25) is 0 Å². The minimum atomic E-state index is 0.140. The van der Waals surface area contributed by atoms with Gasteiger partial charge in [-0.15, -0.1) is 0 Å². The van der Waals surface area contributed by atoms with Crippen molar-refractivity contribution in [3.05, 3.63) is 66.2 Å². The standard InChI is InChI=1S/C9H14N.C7H8O/c1-10(2,3)9-7-5-4-6-8-9;8-6-7-4-2-1-3-5-7/h4-8H,1-3H3;1-5,8H,6H2/q+1;. The van der Waals surface area contributed by atoms with Crippen LogP contribution in [-0.4, -0.2) is 26.2 Å². The van der Waals surface area contributed by atoms with E-state index in [2.05, 4.69) is 45.4 Å². The predicted molar refractivity (Wildman–Crippen MR) is 78.4 cm³/mol. The number of hydrogen-bond donors (Lipinski definition) is 1. The van der Waals surface area contributed by atoms with Gasteiger partial charge < -0.3 is 5.11 Å². The molecule has 18 heavy (non-hydrogen) atoms. The second kappa shape index (κ2) is 6.94. The van der Waals surface area contributed by atoms with Gasteiger partial charge in [0, 0.05) is 0 Å². The van der Waals surface area contributed by atoms with Gasteiger partial charge in [-0.3, -0.25) is 4.48 Å². The van der Waals surface area contributed by atoms with Crippen LogP contribution in [0.4, 0.5) is 5.69 Å². The lowest BCUT2D eigenvalue weighted by atomic mass is 10.2. The van der Waals surface area contributed by atoms with Crippen molar-refractivity contribution in [3.8, 4) is 0 Å². The molecule has 0 fully saturated rings. The molecule has 0 aromatic heterocycles. The van der Waals surface area contributed by atoms with E-state index in [0.29, 0.717) is 0 Å². The van der Waals surface area contributed by atoms with Crippen LogP contribution in [-0.2, 0) is 6.61 Å². The second-order valence-electron chi connectivity index (χ2n) is 4.99. The van der Waals surface area contributed by atoms with Crippen molar-refractivity contribution in [1.29, 1.82) is 0 Å². The molecule has 2 nitrogen and oxygen atoms in total. The maximum absolute atomic E-state index is 8.54. The zero-order chi connectivity index (χ0) is 13.4. The molecule has 2 heteroatoms. The lowest BCUT2D eigenvalue weighted by Gasteiger charge is -2.22. The van der Waals surface area contributed by atoms with Crippen LogP contribution in [0.15, 0.2) is 60.7 Å². The quantitative estimate of drug-likeness (QED) is 0.805. The Hall–Kier alpha value is -1.64. The summed E-state index contributed by atoms with van der Waals surface area (Å²) in [7, 11) is 6.49. The summed E-state index contributed by atoms with van der Waals surface area (Å²) in [5.74, 6) is 0. The Balaban J connectivity index is 0.000000184. The molecule has 2 aromatic rings. The Morgan fingerprint density at radius 3 is 1.50 bits per heavy atom. The molecule has 2 aromatic carbocycles. The second-order valence-corrected chi connectivity index (χ2v) is 4.99. The Labute approximate surface area is 110 Å². The highest BCUT2D eigenvalue weighted by atomic mass is 16.3. The number of rotatable bonds is 2. The molecule has 0 aliphatic heterocycles. The summed E-state index contributed by atoms with van der Waals surface area (Å²) in [5.41, 5.74) is 2.30. The van der Waals surface area contributed by atoms with E-state index in [1.54, 1.807) is 0 Å². The molecule has 96 valence electrons. The van der Waals surface area contributed by atoms with Gasteiger partial charge in [-0.1, -0.05) is 48.5 Å². The maximum Gasteiger partial charge on any atom is 0.132 e. The first-order valence-electron chi connectivity index (χ1n) is 6.06. The van der Waals surface area contributed by atoms with Crippen LogP contribution in [0.1, 0.15) is 5.56 Å². The Morgan fingerprint density at radius 1 is 0.778 bits per heavy atom. The molecular formula is C16H22NO+. The van der Waals surface area contributed by atoms with Crippen molar-refractivity contribution in [3.63, 3.8) is 0 Å². The fourth-order valence-corrected chi connectivity index (χ4v) is 1.46. The van der Waals surface area contributed by atoms with Gasteiger partial charge in [0.15, 0.2) is 0 Å². The van der Waals surface area contributed by atoms with Gasteiger partial charge in [0.25, 0.3) is 0 Å². The largest absolute Gasteiger partial charge is 0.392 e. The van der Waals surface area contributed by atoms with Crippen LogP contribution in [0.3, 0.4) is 0 Å². The zero-order valence-corrected chi connectivity index (χ0v) is 11.4. The molecule has 0 heterocycles. The number of aliphatic hydroxyl groups excluding tert-OH is 1. The lowest BCUT2D eigenvalue weighted by Crippen LogP contribution is -2.34. The van der Waals surface area contributed by atoms with Crippen molar-refractivity contribution in [1.82, 2.24) is 4.48 Å². The Bertz CT molecular complexity index is 432. The molecule has 0 unspecified atom stereocenters. The van der Waals surface area contributed by atoms with E-state index >= 15 is 0 Å². The minimum Gasteiger partial charge on any atom is -0.392 e. The first kappa shape index (κ1) is 14.4. The van der Waals surface area contributed by atoms with Crippen LogP contribution < -0.4 is 4.48 Å². The van der Waals surface area contributed by atoms with Crippen molar-refractivity contribution in [2.24, 2.45) is 0 Å². The molecule has 0 spiro atoms. The summed E-state index contributed by atoms with van der Waals surface area (Å²) in [6.07, 6.45) is 0. The molecule has 0 atom stereocenters. The van der Waals surface area contributed by atoms with Crippen LogP contribution in [0.5, 0.6) is 0 Å². The summed E-state index contributed by atoms with van der Waals surface area (Å²) in [4.78, 5) is 0. The number of para-hydroxylation sites is 1. The molecule has 0 amide bonds. The van der Waals surface area contributed by atoms with Gasteiger partial charge in [0.1, 0.15) is 5.69 Å². The summed E-state index contributed by atoms with van der Waals surface area (Å²) >= 11 is 0. The molecule has 0 bridgehead atoms. The van der Waals surface area contributed by atoms with Crippen LogP contribution in [0.25, 0.3) is 0 Å². The van der Waals surface area contributed by atoms with E-state index in [9.17, 15) is 0 Å². The summed E-state index contributed by atoms with van der Waals surface area (Å²) in [6.45, 7) is 0.140. The number of aliphatic hydroxyl groups is 1. The molecule has 0 radical (unpaired) electrons. The van der Waals surface area contributed by atoms with Gasteiger partial charge in [-0.2, -0.15) is 0 Å². The van der Waals surface area contributed by atoms with E-state index < -0.39 is 0 Å². The topological polar surface area (TPSA) is 20.2 Å². The van der Waals surface area contributed by atoms with Crippen molar-refractivity contribution >= 4 is 5.69 Å². The number of nitrogens with zero attached hydrogens (tertiary/aromatic N) is 1. The molecule has 0 saturated carbocycles. The van der Waals surface area contributed by atoms with E-state index in [1.807, 2.05) is 36.4 Å². The molecule has 1 N–H and O–H groups in total. The highest BCUT2D eigenvalue weighted by Crippen LogP contribution is 2.14.